The predicted octanol–water partition coefficient (Wildman–Crippen LogP) is 4.66. The molecule has 0 aromatic heterocycles. The van der Waals surface area contributed by atoms with Crippen LogP contribution in [0.4, 0.5) is 5.69 Å². The van der Waals surface area contributed by atoms with Gasteiger partial charge >= 0.3 is 5.97 Å². The summed E-state index contributed by atoms with van der Waals surface area (Å²) in [6.45, 7) is 5.78. The lowest BCUT2D eigenvalue weighted by Gasteiger charge is -2.19. The van der Waals surface area contributed by atoms with Crippen LogP contribution in [-0.4, -0.2) is 25.1 Å². The van der Waals surface area contributed by atoms with Gasteiger partial charge in [-0.25, -0.2) is 4.79 Å². The highest BCUT2D eigenvalue weighted by Crippen LogP contribution is 2.27. The van der Waals surface area contributed by atoms with E-state index in [1.807, 2.05) is 24.3 Å². The van der Waals surface area contributed by atoms with Gasteiger partial charge in [0.25, 0.3) is 5.91 Å². The number of nitrogens with one attached hydrogen (secondary N) is 1. The molecular weight excluding hydrogens is 354 g/mol. The summed E-state index contributed by atoms with van der Waals surface area (Å²) >= 11 is 6.11. The highest BCUT2D eigenvalue weighted by atomic mass is 35.5. The number of ether oxygens (including phenoxy) is 2. The van der Waals surface area contributed by atoms with Crippen molar-refractivity contribution in [3.63, 3.8) is 0 Å². The second kappa shape index (κ2) is 8.72. The number of hydrogen-bond acceptors (Lipinski definition) is 4. The summed E-state index contributed by atoms with van der Waals surface area (Å²) in [7, 11) is 1.29. The minimum absolute atomic E-state index is 0.271. The lowest BCUT2D eigenvalue weighted by atomic mass is 10.0. The SMILES string of the molecule is COC(=O)c1ccc(Cl)c(NC(=O)[C@H](C)Oc2ccccc2C(C)C)c1. The maximum absolute atomic E-state index is 12.5. The van der Waals surface area contributed by atoms with Gasteiger partial charge in [0, 0.05) is 0 Å². The molecular formula is C20H22ClNO4. The molecule has 26 heavy (non-hydrogen) atoms. The monoisotopic (exact) mass is 375 g/mol. The van der Waals surface area contributed by atoms with Gasteiger partial charge in [-0.15, -0.1) is 0 Å². The number of esters is 1. The molecule has 6 heteroatoms. The predicted molar refractivity (Wildman–Crippen MR) is 102 cm³/mol. The lowest BCUT2D eigenvalue weighted by Crippen LogP contribution is -2.30. The van der Waals surface area contributed by atoms with Crippen molar-refractivity contribution in [3.05, 3.63) is 58.6 Å². The maximum atomic E-state index is 12.5. The Balaban J connectivity index is 2.14. The molecule has 1 amide bonds. The van der Waals surface area contributed by atoms with Crippen LogP contribution in [0.15, 0.2) is 42.5 Å². The summed E-state index contributed by atoms with van der Waals surface area (Å²) in [6, 6.07) is 12.1. The Morgan fingerprint density at radius 2 is 1.77 bits per heavy atom. The number of halogens is 1. The van der Waals surface area contributed by atoms with Crippen molar-refractivity contribution in [1.29, 1.82) is 0 Å². The number of hydrogen-bond donors (Lipinski definition) is 1. The Morgan fingerprint density at radius 3 is 2.42 bits per heavy atom. The summed E-state index contributed by atoms with van der Waals surface area (Å²) in [4.78, 5) is 24.1. The van der Waals surface area contributed by atoms with Crippen molar-refractivity contribution >= 4 is 29.2 Å². The largest absolute Gasteiger partial charge is 0.481 e. The molecule has 0 aliphatic carbocycles. The summed E-state index contributed by atoms with van der Waals surface area (Å²) in [6.07, 6.45) is -0.743. The average molecular weight is 376 g/mol. The molecule has 1 N–H and O–H groups in total. The van der Waals surface area contributed by atoms with Gasteiger partial charge in [-0.1, -0.05) is 43.6 Å². The first-order valence-corrected chi connectivity index (χ1v) is 8.65. The zero-order valence-electron chi connectivity index (χ0n) is 15.2. The van der Waals surface area contributed by atoms with E-state index < -0.39 is 12.1 Å². The van der Waals surface area contributed by atoms with Gasteiger partial charge in [-0.2, -0.15) is 0 Å². The summed E-state index contributed by atoms with van der Waals surface area (Å²) in [5.74, 6) is 0.0620. The van der Waals surface area contributed by atoms with E-state index in [-0.39, 0.29) is 11.8 Å². The number of benzene rings is 2. The van der Waals surface area contributed by atoms with Gasteiger partial charge in [0.15, 0.2) is 6.10 Å². The number of para-hydroxylation sites is 1. The fourth-order valence-corrected chi connectivity index (χ4v) is 2.57. The first-order chi connectivity index (χ1) is 12.3. The molecule has 0 aliphatic heterocycles. The van der Waals surface area contributed by atoms with E-state index in [1.54, 1.807) is 6.92 Å². The zero-order chi connectivity index (χ0) is 19.3. The molecule has 2 aromatic carbocycles. The third kappa shape index (κ3) is 4.76. The van der Waals surface area contributed by atoms with Crippen molar-refractivity contribution in [2.75, 3.05) is 12.4 Å². The van der Waals surface area contributed by atoms with Crippen molar-refractivity contribution in [2.24, 2.45) is 0 Å². The molecule has 2 rings (SSSR count). The van der Waals surface area contributed by atoms with E-state index in [0.29, 0.717) is 22.0 Å². The third-order valence-corrected chi connectivity index (χ3v) is 4.19. The lowest BCUT2D eigenvalue weighted by molar-refractivity contribution is -0.122. The highest BCUT2D eigenvalue weighted by Gasteiger charge is 2.19. The van der Waals surface area contributed by atoms with E-state index in [2.05, 4.69) is 23.9 Å². The van der Waals surface area contributed by atoms with E-state index in [0.717, 1.165) is 5.56 Å². The molecule has 0 bridgehead atoms. The average Bonchev–Trinajstić information content (AvgIpc) is 2.63. The third-order valence-electron chi connectivity index (χ3n) is 3.86. The van der Waals surface area contributed by atoms with Gasteiger partial charge in [0.2, 0.25) is 0 Å². The molecule has 0 unspecified atom stereocenters. The molecule has 5 nitrogen and oxygen atoms in total. The maximum Gasteiger partial charge on any atom is 0.337 e. The number of carbonyl (C=O) groups is 2. The molecule has 0 saturated heterocycles. The minimum Gasteiger partial charge on any atom is -0.481 e. The van der Waals surface area contributed by atoms with Crippen LogP contribution in [0.3, 0.4) is 0 Å². The van der Waals surface area contributed by atoms with Gasteiger partial charge < -0.3 is 14.8 Å². The fraction of sp³-hybridized carbons (Fsp3) is 0.300. The summed E-state index contributed by atoms with van der Waals surface area (Å²) in [5, 5.41) is 3.01. The van der Waals surface area contributed by atoms with Crippen molar-refractivity contribution in [1.82, 2.24) is 0 Å². The molecule has 1 atom stereocenters. The quantitative estimate of drug-likeness (QED) is 0.746. The van der Waals surface area contributed by atoms with Crippen LogP contribution in [0.2, 0.25) is 5.02 Å². The molecule has 138 valence electrons. The Hall–Kier alpha value is -2.53. The smallest absolute Gasteiger partial charge is 0.337 e. The molecule has 0 spiro atoms. The Bertz CT molecular complexity index is 804. The number of anilines is 1. The standard InChI is InChI=1S/C20H22ClNO4/c1-12(2)15-7-5-6-8-18(15)26-13(3)19(23)22-17-11-14(20(24)25-4)9-10-16(17)21/h5-13H,1-4H3,(H,22,23)/t13-/m0/s1. The van der Waals surface area contributed by atoms with E-state index in [9.17, 15) is 9.59 Å². The van der Waals surface area contributed by atoms with Crippen molar-refractivity contribution in [3.8, 4) is 5.75 Å². The van der Waals surface area contributed by atoms with E-state index >= 15 is 0 Å². The Morgan fingerprint density at radius 1 is 1.08 bits per heavy atom. The molecule has 2 aromatic rings. The second-order valence-electron chi connectivity index (χ2n) is 6.13. The van der Waals surface area contributed by atoms with Crippen LogP contribution < -0.4 is 10.1 Å². The fourth-order valence-electron chi connectivity index (χ4n) is 2.41. The Kier molecular flexibility index (Phi) is 6.64. The minimum atomic E-state index is -0.743. The first kappa shape index (κ1) is 19.8. The van der Waals surface area contributed by atoms with Crippen LogP contribution in [0, 0.1) is 0 Å². The number of carbonyl (C=O) groups excluding carboxylic acids is 2. The highest BCUT2D eigenvalue weighted by molar-refractivity contribution is 6.33. The molecule has 0 saturated carbocycles. The molecule has 0 radical (unpaired) electrons. The molecule has 0 aliphatic rings. The Labute approximate surface area is 158 Å². The molecule has 0 fully saturated rings. The van der Waals surface area contributed by atoms with E-state index in [4.69, 9.17) is 16.3 Å². The first-order valence-electron chi connectivity index (χ1n) is 8.27. The van der Waals surface area contributed by atoms with Crippen molar-refractivity contribution in [2.45, 2.75) is 32.8 Å². The molecule has 0 heterocycles. The van der Waals surface area contributed by atoms with Crippen molar-refractivity contribution < 1.29 is 19.1 Å². The van der Waals surface area contributed by atoms with E-state index in [1.165, 1.54) is 25.3 Å². The normalized spacial score (nSPS) is 11.8. The summed E-state index contributed by atoms with van der Waals surface area (Å²) in [5.41, 5.74) is 1.65. The number of rotatable bonds is 6. The van der Waals surface area contributed by atoms with Crippen LogP contribution in [0.1, 0.15) is 42.6 Å². The van der Waals surface area contributed by atoms with Crippen LogP contribution in [-0.2, 0) is 9.53 Å². The van der Waals surface area contributed by atoms with Crippen LogP contribution in [0.25, 0.3) is 0 Å². The van der Waals surface area contributed by atoms with Crippen LogP contribution in [0.5, 0.6) is 5.75 Å². The van der Waals surface area contributed by atoms with Gasteiger partial charge in [0.05, 0.1) is 23.4 Å². The second-order valence-corrected chi connectivity index (χ2v) is 6.54. The summed E-state index contributed by atoms with van der Waals surface area (Å²) < 4.78 is 10.5. The number of amides is 1. The topological polar surface area (TPSA) is 64.6 Å². The zero-order valence-corrected chi connectivity index (χ0v) is 16.0. The van der Waals surface area contributed by atoms with Gasteiger partial charge in [0.1, 0.15) is 5.75 Å². The van der Waals surface area contributed by atoms with Crippen LogP contribution >= 0.6 is 11.6 Å². The number of methoxy groups -OCH3 is 1. The van der Waals surface area contributed by atoms with Gasteiger partial charge in [-0.3, -0.25) is 4.79 Å². The van der Waals surface area contributed by atoms with Gasteiger partial charge in [-0.05, 0) is 42.7 Å².